The van der Waals surface area contributed by atoms with Crippen LogP contribution in [-0.4, -0.2) is 38.3 Å². The Balaban J connectivity index is 1.82. The van der Waals surface area contributed by atoms with E-state index < -0.39 is 22.7 Å². The van der Waals surface area contributed by atoms with Crippen LogP contribution in [0.2, 0.25) is 5.02 Å². The Bertz CT molecular complexity index is 1220. The number of aromatic amines is 1. The van der Waals surface area contributed by atoms with Crippen LogP contribution in [0.25, 0.3) is 10.2 Å². The number of hydrogen-bond acceptors (Lipinski definition) is 8. The molecule has 3 N–H and O–H groups in total. The van der Waals surface area contributed by atoms with E-state index >= 15 is 0 Å². The highest BCUT2D eigenvalue weighted by atomic mass is 35.5. The molecule has 8 nitrogen and oxygen atoms in total. The molecule has 31 heavy (non-hydrogen) atoms. The first-order valence-corrected chi connectivity index (χ1v) is 11.3. The number of carbonyl (C=O) groups is 2. The molecule has 3 aromatic rings. The van der Waals surface area contributed by atoms with Gasteiger partial charge < -0.3 is 20.1 Å². The van der Waals surface area contributed by atoms with Crippen molar-refractivity contribution >= 4 is 62.5 Å². The molecular formula is C20H20ClN3O5S2. The third kappa shape index (κ3) is 5.20. The maximum absolute atomic E-state index is 12.6. The monoisotopic (exact) mass is 481 g/mol. The van der Waals surface area contributed by atoms with Crippen molar-refractivity contribution in [2.75, 3.05) is 5.32 Å². The van der Waals surface area contributed by atoms with Crippen molar-refractivity contribution in [1.82, 2.24) is 9.97 Å². The van der Waals surface area contributed by atoms with Crippen LogP contribution in [0.4, 0.5) is 5.69 Å². The first-order valence-electron chi connectivity index (χ1n) is 9.27. The number of rotatable bonds is 6. The van der Waals surface area contributed by atoms with E-state index in [-0.39, 0.29) is 22.7 Å². The fourth-order valence-electron chi connectivity index (χ4n) is 2.71. The molecule has 164 valence electrons. The Hall–Kier alpha value is -2.56. The number of thiophene rings is 1. The maximum atomic E-state index is 12.6. The highest BCUT2D eigenvalue weighted by Crippen LogP contribution is 2.31. The summed E-state index contributed by atoms with van der Waals surface area (Å²) in [6, 6.07) is 4.32. The van der Waals surface area contributed by atoms with E-state index in [1.54, 1.807) is 27.7 Å². The van der Waals surface area contributed by atoms with Gasteiger partial charge in [-0.15, -0.1) is 11.3 Å². The van der Waals surface area contributed by atoms with E-state index in [1.807, 2.05) is 0 Å². The van der Waals surface area contributed by atoms with Crippen LogP contribution in [0.5, 0.6) is 5.75 Å². The molecule has 0 bridgehead atoms. The van der Waals surface area contributed by atoms with Crippen molar-refractivity contribution in [1.29, 1.82) is 0 Å². The van der Waals surface area contributed by atoms with Crippen LogP contribution in [0.3, 0.4) is 0 Å². The number of anilines is 1. The fraction of sp³-hybridized carbons (Fsp3) is 0.300. The maximum Gasteiger partial charge on any atom is 0.348 e. The molecule has 0 spiro atoms. The van der Waals surface area contributed by atoms with E-state index in [0.29, 0.717) is 25.7 Å². The zero-order chi connectivity index (χ0) is 22.9. The molecule has 1 amide bonds. The number of nitrogens with one attached hydrogen (secondary N) is 2. The largest absolute Gasteiger partial charge is 0.506 e. The van der Waals surface area contributed by atoms with Gasteiger partial charge in [0.1, 0.15) is 15.5 Å². The minimum atomic E-state index is -0.648. The van der Waals surface area contributed by atoms with Gasteiger partial charge in [0.2, 0.25) is 5.91 Å². The zero-order valence-corrected chi connectivity index (χ0v) is 19.5. The number of phenols is 1. The molecule has 1 atom stereocenters. The van der Waals surface area contributed by atoms with Crippen LogP contribution in [0, 0.1) is 6.92 Å². The van der Waals surface area contributed by atoms with Crippen LogP contribution < -0.4 is 10.9 Å². The molecule has 2 heterocycles. The van der Waals surface area contributed by atoms with E-state index in [0.717, 1.165) is 23.1 Å². The number of carbonyl (C=O) groups excluding carboxylic acids is 2. The molecule has 0 saturated heterocycles. The summed E-state index contributed by atoms with van der Waals surface area (Å²) in [6.07, 6.45) is -0.284. The van der Waals surface area contributed by atoms with E-state index in [4.69, 9.17) is 16.3 Å². The predicted octanol–water partition coefficient (Wildman–Crippen LogP) is 4.34. The Morgan fingerprint density at radius 1 is 1.32 bits per heavy atom. The van der Waals surface area contributed by atoms with Crippen molar-refractivity contribution in [3.8, 4) is 5.75 Å². The van der Waals surface area contributed by atoms with E-state index in [9.17, 15) is 19.5 Å². The number of benzene rings is 1. The lowest BCUT2D eigenvalue weighted by molar-refractivity contribution is -0.115. The van der Waals surface area contributed by atoms with E-state index in [1.165, 1.54) is 18.2 Å². The van der Waals surface area contributed by atoms with Gasteiger partial charge in [-0.05, 0) is 51.5 Å². The van der Waals surface area contributed by atoms with Gasteiger partial charge in [-0.2, -0.15) is 0 Å². The minimum absolute atomic E-state index is 0.113. The average Bonchev–Trinajstić information content (AvgIpc) is 3.01. The number of thioether (sulfide) groups is 1. The van der Waals surface area contributed by atoms with Crippen molar-refractivity contribution in [3.05, 3.63) is 44.0 Å². The predicted molar refractivity (Wildman–Crippen MR) is 123 cm³/mol. The number of nitrogens with zero attached hydrogens (tertiary/aromatic N) is 1. The Kier molecular flexibility index (Phi) is 6.93. The summed E-state index contributed by atoms with van der Waals surface area (Å²) in [5.41, 5.74) is 0.298. The summed E-state index contributed by atoms with van der Waals surface area (Å²) >= 11 is 8.02. The lowest BCUT2D eigenvalue weighted by Gasteiger charge is -2.12. The number of aryl methyl sites for hydroxylation is 1. The van der Waals surface area contributed by atoms with Gasteiger partial charge in [-0.25, -0.2) is 9.78 Å². The third-order valence-corrected chi connectivity index (χ3v) is 6.57. The van der Waals surface area contributed by atoms with Crippen LogP contribution in [-0.2, 0) is 9.53 Å². The topological polar surface area (TPSA) is 121 Å². The van der Waals surface area contributed by atoms with Crippen molar-refractivity contribution in [3.63, 3.8) is 0 Å². The van der Waals surface area contributed by atoms with Crippen LogP contribution in [0.1, 0.15) is 36.0 Å². The first-order chi connectivity index (χ1) is 14.6. The summed E-state index contributed by atoms with van der Waals surface area (Å²) in [7, 11) is 0. The van der Waals surface area contributed by atoms with Crippen molar-refractivity contribution in [2.45, 2.75) is 44.2 Å². The van der Waals surface area contributed by atoms with Gasteiger partial charge in [-0.1, -0.05) is 23.4 Å². The molecule has 11 heteroatoms. The highest BCUT2D eigenvalue weighted by molar-refractivity contribution is 8.00. The number of phenolic OH excluding ortho intramolecular Hbond substituents is 1. The summed E-state index contributed by atoms with van der Waals surface area (Å²) in [6.45, 7) is 6.80. The number of aromatic nitrogens is 2. The highest BCUT2D eigenvalue weighted by Gasteiger charge is 2.23. The quantitative estimate of drug-likeness (QED) is 0.207. The molecule has 0 fully saturated rings. The first kappa shape index (κ1) is 23.1. The van der Waals surface area contributed by atoms with Crippen molar-refractivity contribution in [2.24, 2.45) is 0 Å². The summed E-state index contributed by atoms with van der Waals surface area (Å²) in [5, 5.41) is 12.7. The molecule has 0 radical (unpaired) electrons. The number of fused-ring (bicyclic) bond motifs is 1. The number of halogens is 1. The minimum Gasteiger partial charge on any atom is -0.506 e. The van der Waals surface area contributed by atoms with E-state index in [2.05, 4.69) is 15.3 Å². The molecule has 2 aromatic heterocycles. The molecule has 0 aliphatic carbocycles. The Morgan fingerprint density at radius 2 is 2.03 bits per heavy atom. The molecule has 0 saturated carbocycles. The second kappa shape index (κ2) is 9.29. The average molecular weight is 482 g/mol. The summed E-state index contributed by atoms with van der Waals surface area (Å²) in [5.74, 6) is -1.02. The SMILES string of the molecule is Cc1c(C(=O)OC(C)C)sc2nc(SC(C)C(=O)Nc3cc(Cl)ccc3O)[nH]c(=O)c12. The van der Waals surface area contributed by atoms with Gasteiger partial charge in [0, 0.05) is 5.02 Å². The van der Waals surface area contributed by atoms with Gasteiger partial charge in [-0.3, -0.25) is 9.59 Å². The lowest BCUT2D eigenvalue weighted by atomic mass is 10.2. The van der Waals surface area contributed by atoms with Gasteiger partial charge in [0.15, 0.2) is 5.16 Å². The van der Waals surface area contributed by atoms with Crippen molar-refractivity contribution < 1.29 is 19.4 Å². The lowest BCUT2D eigenvalue weighted by Crippen LogP contribution is -2.23. The molecule has 1 unspecified atom stereocenters. The van der Waals surface area contributed by atoms with Crippen LogP contribution in [0.15, 0.2) is 28.2 Å². The number of ether oxygens (including phenoxy) is 1. The molecule has 3 rings (SSSR count). The smallest absolute Gasteiger partial charge is 0.348 e. The van der Waals surface area contributed by atoms with Gasteiger partial charge >= 0.3 is 5.97 Å². The molecule has 0 aliphatic rings. The normalized spacial score (nSPS) is 12.2. The Labute approximate surface area is 191 Å². The van der Waals surface area contributed by atoms with Gasteiger partial charge in [0.25, 0.3) is 5.56 Å². The second-order valence-corrected chi connectivity index (χ2v) is 9.74. The number of esters is 1. The van der Waals surface area contributed by atoms with Crippen LogP contribution >= 0.6 is 34.7 Å². The molecular weight excluding hydrogens is 462 g/mol. The third-order valence-electron chi connectivity index (χ3n) is 4.18. The number of hydrogen-bond donors (Lipinski definition) is 3. The fourth-order valence-corrected chi connectivity index (χ4v) is 4.80. The summed E-state index contributed by atoms with van der Waals surface area (Å²) in [4.78, 5) is 45.2. The second-order valence-electron chi connectivity index (χ2n) is 6.97. The number of aromatic hydroxyl groups is 1. The number of H-pyrrole nitrogens is 1. The standard InChI is InChI=1S/C20H20ClN3O5S2/c1-8(2)29-19(28)15-9(3)14-17(27)23-20(24-18(14)31-15)30-10(4)16(26)22-12-7-11(21)5-6-13(12)25/h5-8,10,25H,1-4H3,(H,22,26)(H,23,24,27). The molecule has 1 aromatic carbocycles. The number of amides is 1. The molecule has 0 aliphatic heterocycles. The Morgan fingerprint density at radius 3 is 2.71 bits per heavy atom. The summed E-state index contributed by atoms with van der Waals surface area (Å²) < 4.78 is 5.23. The van der Waals surface area contributed by atoms with Gasteiger partial charge in [0.05, 0.1) is 22.4 Å². The zero-order valence-electron chi connectivity index (χ0n) is 17.1.